The van der Waals surface area contributed by atoms with Crippen LogP contribution >= 0.6 is 0 Å². The smallest absolute Gasteiger partial charge is 0.274 e. The fourth-order valence-electron chi connectivity index (χ4n) is 3.61. The summed E-state index contributed by atoms with van der Waals surface area (Å²) >= 11 is 0. The van der Waals surface area contributed by atoms with Gasteiger partial charge in [0, 0.05) is 25.0 Å². The van der Waals surface area contributed by atoms with Crippen LogP contribution in [-0.2, 0) is 16.6 Å². The van der Waals surface area contributed by atoms with Crippen molar-refractivity contribution in [2.24, 2.45) is 0 Å². The van der Waals surface area contributed by atoms with Crippen LogP contribution in [0.1, 0.15) is 49.8 Å². The first-order valence-corrected chi connectivity index (χ1v) is 12.1. The predicted molar refractivity (Wildman–Crippen MR) is 124 cm³/mol. The summed E-state index contributed by atoms with van der Waals surface area (Å²) in [4.78, 5) is 25.7. The van der Waals surface area contributed by atoms with Gasteiger partial charge in [0.2, 0.25) is 10.0 Å². The zero-order valence-corrected chi connectivity index (χ0v) is 19.5. The van der Waals surface area contributed by atoms with Crippen molar-refractivity contribution in [1.82, 2.24) is 19.4 Å². The molecule has 1 N–H and O–H groups in total. The molecule has 1 amide bonds. The van der Waals surface area contributed by atoms with Gasteiger partial charge in [-0.1, -0.05) is 44.2 Å². The van der Waals surface area contributed by atoms with Gasteiger partial charge in [-0.2, -0.15) is 9.40 Å². The lowest BCUT2D eigenvalue weighted by Gasteiger charge is -2.19. The zero-order valence-electron chi connectivity index (χ0n) is 18.7. The van der Waals surface area contributed by atoms with Gasteiger partial charge < -0.3 is 5.32 Å². The van der Waals surface area contributed by atoms with E-state index in [1.54, 1.807) is 69.3 Å². The van der Waals surface area contributed by atoms with E-state index in [1.165, 1.54) is 8.99 Å². The lowest BCUT2D eigenvalue weighted by molar-refractivity contribution is 0.0934. The molecular weight excluding hydrogens is 428 g/mol. The molecule has 0 aliphatic rings. The molecule has 0 radical (unpaired) electrons. The van der Waals surface area contributed by atoms with Crippen LogP contribution in [0.4, 0.5) is 0 Å². The number of fused-ring (bicyclic) bond motifs is 1. The zero-order chi connectivity index (χ0) is 23.5. The molecule has 0 spiro atoms. The van der Waals surface area contributed by atoms with E-state index in [2.05, 4.69) is 10.4 Å². The third-order valence-corrected chi connectivity index (χ3v) is 7.52. The number of rotatable bonds is 8. The van der Waals surface area contributed by atoms with Gasteiger partial charge in [0.25, 0.3) is 11.5 Å². The van der Waals surface area contributed by atoms with Crippen LogP contribution in [0.2, 0.25) is 0 Å². The molecule has 0 saturated carbocycles. The summed E-state index contributed by atoms with van der Waals surface area (Å²) < 4.78 is 28.0. The third-order valence-electron chi connectivity index (χ3n) is 5.45. The Balaban J connectivity index is 1.87. The summed E-state index contributed by atoms with van der Waals surface area (Å²) in [5.41, 5.74) is 0.692. The number of benzene rings is 2. The van der Waals surface area contributed by atoms with Gasteiger partial charge in [0.05, 0.1) is 16.3 Å². The number of hydrogen-bond donors (Lipinski definition) is 1. The van der Waals surface area contributed by atoms with E-state index in [0.29, 0.717) is 30.4 Å². The van der Waals surface area contributed by atoms with Crippen molar-refractivity contribution in [2.45, 2.75) is 45.2 Å². The van der Waals surface area contributed by atoms with E-state index in [-0.39, 0.29) is 16.1 Å². The van der Waals surface area contributed by atoms with Crippen molar-refractivity contribution in [2.75, 3.05) is 13.1 Å². The quantitative estimate of drug-likeness (QED) is 0.562. The summed E-state index contributed by atoms with van der Waals surface area (Å²) in [7, 11) is -3.54. The number of carbonyl (C=O) groups excluding carboxylic acids is 1. The van der Waals surface area contributed by atoms with Gasteiger partial charge in [-0.05, 0) is 37.6 Å². The Bertz CT molecular complexity index is 1280. The summed E-state index contributed by atoms with van der Waals surface area (Å²) in [5.74, 6) is -0.407. The Morgan fingerprint density at radius 3 is 2.19 bits per heavy atom. The first-order chi connectivity index (χ1) is 15.2. The molecule has 32 heavy (non-hydrogen) atoms. The molecule has 3 rings (SSSR count). The highest BCUT2D eigenvalue weighted by Crippen LogP contribution is 2.20. The third kappa shape index (κ3) is 4.44. The van der Waals surface area contributed by atoms with Crippen molar-refractivity contribution in [1.29, 1.82) is 0 Å². The van der Waals surface area contributed by atoms with Crippen molar-refractivity contribution in [3.63, 3.8) is 0 Å². The number of nitrogens with one attached hydrogen (secondary N) is 1. The van der Waals surface area contributed by atoms with Crippen LogP contribution in [0, 0.1) is 0 Å². The molecule has 8 nitrogen and oxygen atoms in total. The van der Waals surface area contributed by atoms with E-state index in [0.717, 1.165) is 5.56 Å². The summed E-state index contributed by atoms with van der Waals surface area (Å²) in [6.45, 7) is 8.34. The van der Waals surface area contributed by atoms with Crippen LogP contribution in [-0.4, -0.2) is 41.5 Å². The lowest BCUT2D eigenvalue weighted by atomic mass is 10.1. The monoisotopic (exact) mass is 456 g/mol. The topological polar surface area (TPSA) is 101 Å². The number of hydrogen-bond acceptors (Lipinski definition) is 5. The van der Waals surface area contributed by atoms with E-state index in [9.17, 15) is 18.0 Å². The Labute approximate surface area is 187 Å². The molecule has 170 valence electrons. The molecule has 1 heterocycles. The van der Waals surface area contributed by atoms with Crippen LogP contribution in [0.5, 0.6) is 0 Å². The number of carbonyl (C=O) groups is 1. The number of sulfonamides is 1. The van der Waals surface area contributed by atoms with Crippen molar-refractivity contribution < 1.29 is 13.2 Å². The Morgan fingerprint density at radius 1 is 1.03 bits per heavy atom. The lowest BCUT2D eigenvalue weighted by Crippen LogP contribution is -2.32. The average molecular weight is 457 g/mol. The van der Waals surface area contributed by atoms with Crippen LogP contribution in [0.25, 0.3) is 10.8 Å². The molecule has 1 aromatic heterocycles. The van der Waals surface area contributed by atoms with E-state index < -0.39 is 22.0 Å². The minimum Gasteiger partial charge on any atom is -0.344 e. The van der Waals surface area contributed by atoms with E-state index >= 15 is 0 Å². The molecule has 1 atom stereocenters. The summed E-state index contributed by atoms with van der Waals surface area (Å²) in [5, 5.41) is 8.09. The molecule has 0 saturated heterocycles. The van der Waals surface area contributed by atoms with Crippen molar-refractivity contribution in [3.8, 4) is 0 Å². The van der Waals surface area contributed by atoms with Gasteiger partial charge >= 0.3 is 0 Å². The van der Waals surface area contributed by atoms with Crippen molar-refractivity contribution >= 4 is 26.7 Å². The molecular formula is C23H28N4O4S. The molecule has 0 fully saturated rings. The van der Waals surface area contributed by atoms with Gasteiger partial charge in [-0.3, -0.25) is 9.59 Å². The van der Waals surface area contributed by atoms with E-state index in [1.807, 2.05) is 6.92 Å². The van der Waals surface area contributed by atoms with E-state index in [4.69, 9.17) is 0 Å². The maximum absolute atomic E-state index is 13.0. The Kier molecular flexibility index (Phi) is 7.10. The molecule has 3 aromatic rings. The normalized spacial score (nSPS) is 12.8. The number of nitrogens with zero attached hydrogens (tertiary/aromatic N) is 3. The maximum atomic E-state index is 13.0. The molecule has 0 aliphatic carbocycles. The van der Waals surface area contributed by atoms with Crippen LogP contribution in [0.15, 0.2) is 58.2 Å². The van der Waals surface area contributed by atoms with Gasteiger partial charge in [-0.25, -0.2) is 13.1 Å². The van der Waals surface area contributed by atoms with Crippen molar-refractivity contribution in [3.05, 3.63) is 70.1 Å². The molecule has 2 aromatic carbocycles. The minimum absolute atomic E-state index is 0.176. The SMILES string of the molecule is CCN(CC)S(=O)(=O)c1ccc([C@@H](C)NC(=O)c2nn(CC)c(=O)c3ccccc23)cc1. The number of aryl methyl sites for hydroxylation is 1. The Hall–Kier alpha value is -3.04. The second-order valence-electron chi connectivity index (χ2n) is 7.37. The van der Waals surface area contributed by atoms with Crippen LogP contribution in [0.3, 0.4) is 0 Å². The molecule has 0 bridgehead atoms. The highest BCUT2D eigenvalue weighted by molar-refractivity contribution is 7.89. The van der Waals surface area contributed by atoms with Gasteiger partial charge in [-0.15, -0.1) is 0 Å². The highest BCUT2D eigenvalue weighted by atomic mass is 32.2. The first kappa shape index (κ1) is 23.6. The fraction of sp³-hybridized carbons (Fsp3) is 0.348. The molecule has 0 unspecified atom stereocenters. The minimum atomic E-state index is -3.54. The molecule has 9 heteroatoms. The number of aromatic nitrogens is 2. The maximum Gasteiger partial charge on any atom is 0.274 e. The second kappa shape index (κ2) is 9.62. The first-order valence-electron chi connectivity index (χ1n) is 10.6. The van der Waals surface area contributed by atoms with Crippen LogP contribution < -0.4 is 10.9 Å². The molecule has 0 aliphatic heterocycles. The second-order valence-corrected chi connectivity index (χ2v) is 9.31. The highest BCUT2D eigenvalue weighted by Gasteiger charge is 2.22. The summed E-state index contributed by atoms with van der Waals surface area (Å²) in [6.07, 6.45) is 0. The largest absolute Gasteiger partial charge is 0.344 e. The van der Waals surface area contributed by atoms with Gasteiger partial charge in [0.1, 0.15) is 0 Å². The Morgan fingerprint density at radius 2 is 1.62 bits per heavy atom. The summed E-state index contributed by atoms with van der Waals surface area (Å²) in [6, 6.07) is 13.0. The fourth-order valence-corrected chi connectivity index (χ4v) is 5.06. The predicted octanol–water partition coefficient (Wildman–Crippen LogP) is 2.94. The average Bonchev–Trinajstić information content (AvgIpc) is 2.80. The van der Waals surface area contributed by atoms with Gasteiger partial charge in [0.15, 0.2) is 5.69 Å². The number of amides is 1. The standard InChI is InChI=1S/C23H28N4O4S/c1-5-26(6-2)32(30,31)18-14-12-17(13-15-18)16(4)24-22(28)21-19-10-8-9-11-20(19)23(29)27(7-3)25-21/h8-16H,5-7H2,1-4H3,(H,24,28)/t16-/m1/s1.